The van der Waals surface area contributed by atoms with Crippen molar-refractivity contribution in [3.05, 3.63) is 46.8 Å². The van der Waals surface area contributed by atoms with Gasteiger partial charge in [0, 0.05) is 28.9 Å². The fourth-order valence-corrected chi connectivity index (χ4v) is 2.28. The number of nitrogens with one attached hydrogen (secondary N) is 2. The average molecular weight is 285 g/mol. The molecule has 1 aromatic heterocycles. The van der Waals surface area contributed by atoms with E-state index in [4.69, 9.17) is 4.74 Å². The van der Waals surface area contributed by atoms with Crippen LogP contribution in [0.4, 0.5) is 5.69 Å². The summed E-state index contributed by atoms with van der Waals surface area (Å²) in [6, 6.07) is 6.76. The molecule has 1 aromatic carbocycles. The van der Waals surface area contributed by atoms with Crippen LogP contribution in [0, 0.1) is 0 Å². The summed E-state index contributed by atoms with van der Waals surface area (Å²) < 4.78 is 5.36. The molecule has 0 atom stereocenters. The van der Waals surface area contributed by atoms with E-state index >= 15 is 0 Å². The Morgan fingerprint density at radius 3 is 2.76 bits per heavy atom. The van der Waals surface area contributed by atoms with Crippen LogP contribution in [0.15, 0.2) is 24.3 Å². The van der Waals surface area contributed by atoms with E-state index in [0.29, 0.717) is 30.2 Å². The molecule has 0 unspecified atom stereocenters. The van der Waals surface area contributed by atoms with Crippen LogP contribution in [0.2, 0.25) is 0 Å². The number of ether oxygens (including phenoxy) is 1. The monoisotopic (exact) mass is 285 g/mol. The average Bonchev–Trinajstić information content (AvgIpc) is 2.92. The molecule has 0 spiro atoms. The van der Waals surface area contributed by atoms with Gasteiger partial charge in [0.25, 0.3) is 5.91 Å². The standard InChI is InChI=1S/C15H15N3O3/c1-9(19)10-2-4-11(5-3-10)16-15(20)14-12-8-21-7-6-13(12)17-18-14/h2-5H,6-8H2,1H3,(H,16,20)(H,17,18). The number of ketones is 1. The van der Waals surface area contributed by atoms with Crippen molar-refractivity contribution in [2.24, 2.45) is 0 Å². The van der Waals surface area contributed by atoms with Crippen LogP contribution in [0.25, 0.3) is 0 Å². The molecule has 1 amide bonds. The van der Waals surface area contributed by atoms with Crippen molar-refractivity contribution in [1.82, 2.24) is 10.2 Å². The van der Waals surface area contributed by atoms with Crippen molar-refractivity contribution in [1.29, 1.82) is 0 Å². The van der Waals surface area contributed by atoms with Crippen LogP contribution in [0.5, 0.6) is 0 Å². The molecule has 0 saturated carbocycles. The van der Waals surface area contributed by atoms with Crippen LogP contribution in [-0.4, -0.2) is 28.5 Å². The molecule has 0 saturated heterocycles. The number of carbonyl (C=O) groups excluding carboxylic acids is 2. The van der Waals surface area contributed by atoms with Crippen LogP contribution in [-0.2, 0) is 17.8 Å². The Bertz CT molecular complexity index is 689. The highest BCUT2D eigenvalue weighted by Crippen LogP contribution is 2.19. The third-order valence-corrected chi connectivity index (χ3v) is 3.46. The number of carbonyl (C=O) groups is 2. The van der Waals surface area contributed by atoms with Crippen LogP contribution >= 0.6 is 0 Å². The molecule has 3 rings (SSSR count). The van der Waals surface area contributed by atoms with Crippen LogP contribution < -0.4 is 5.32 Å². The number of hydrogen-bond acceptors (Lipinski definition) is 4. The zero-order chi connectivity index (χ0) is 14.8. The predicted molar refractivity (Wildman–Crippen MR) is 76.3 cm³/mol. The van der Waals surface area contributed by atoms with Gasteiger partial charge in [0.1, 0.15) is 0 Å². The Morgan fingerprint density at radius 1 is 1.29 bits per heavy atom. The van der Waals surface area contributed by atoms with Crippen molar-refractivity contribution < 1.29 is 14.3 Å². The number of fused-ring (bicyclic) bond motifs is 1. The number of rotatable bonds is 3. The van der Waals surface area contributed by atoms with Gasteiger partial charge in [-0.25, -0.2) is 0 Å². The van der Waals surface area contributed by atoms with Crippen LogP contribution in [0.3, 0.4) is 0 Å². The molecule has 108 valence electrons. The van der Waals surface area contributed by atoms with E-state index < -0.39 is 0 Å². The molecule has 6 heteroatoms. The zero-order valence-corrected chi connectivity index (χ0v) is 11.6. The summed E-state index contributed by atoms with van der Waals surface area (Å²) in [5.41, 5.74) is 3.37. The second-order valence-corrected chi connectivity index (χ2v) is 4.92. The first-order valence-electron chi connectivity index (χ1n) is 6.71. The van der Waals surface area contributed by atoms with Gasteiger partial charge < -0.3 is 10.1 Å². The third-order valence-electron chi connectivity index (χ3n) is 3.46. The minimum absolute atomic E-state index is 0.00797. The quantitative estimate of drug-likeness (QED) is 0.844. The summed E-state index contributed by atoms with van der Waals surface area (Å²) in [5, 5.41) is 9.72. The number of Topliss-reactive ketones (excluding diaryl/α,β-unsaturated/α-hetero) is 1. The number of amides is 1. The topological polar surface area (TPSA) is 84.1 Å². The molecule has 21 heavy (non-hydrogen) atoms. The highest BCUT2D eigenvalue weighted by atomic mass is 16.5. The molecular weight excluding hydrogens is 270 g/mol. The highest BCUT2D eigenvalue weighted by Gasteiger charge is 2.22. The van der Waals surface area contributed by atoms with Gasteiger partial charge in [-0.2, -0.15) is 5.10 Å². The molecule has 0 fully saturated rings. The largest absolute Gasteiger partial charge is 0.376 e. The first-order valence-corrected chi connectivity index (χ1v) is 6.71. The number of hydrogen-bond donors (Lipinski definition) is 2. The Labute approximate surface area is 121 Å². The summed E-state index contributed by atoms with van der Waals surface area (Å²) in [4.78, 5) is 23.5. The van der Waals surface area contributed by atoms with Gasteiger partial charge in [-0.15, -0.1) is 0 Å². The molecule has 0 aliphatic carbocycles. The Morgan fingerprint density at radius 2 is 2.05 bits per heavy atom. The molecule has 1 aliphatic rings. The first kappa shape index (κ1) is 13.5. The predicted octanol–water partition coefficient (Wildman–Crippen LogP) is 1.94. The van der Waals surface area contributed by atoms with E-state index in [1.807, 2.05) is 0 Å². The second-order valence-electron chi connectivity index (χ2n) is 4.92. The summed E-state index contributed by atoms with van der Waals surface area (Å²) in [6.45, 7) is 2.55. The van der Waals surface area contributed by atoms with Gasteiger partial charge in [0.2, 0.25) is 0 Å². The van der Waals surface area contributed by atoms with E-state index in [1.165, 1.54) is 6.92 Å². The normalized spacial score (nSPS) is 13.6. The number of H-pyrrole nitrogens is 1. The number of aromatic amines is 1. The zero-order valence-electron chi connectivity index (χ0n) is 11.6. The minimum Gasteiger partial charge on any atom is -0.376 e. The molecule has 2 heterocycles. The maximum Gasteiger partial charge on any atom is 0.276 e. The molecule has 2 N–H and O–H groups in total. The van der Waals surface area contributed by atoms with Gasteiger partial charge in [-0.3, -0.25) is 14.7 Å². The van der Waals surface area contributed by atoms with E-state index in [2.05, 4.69) is 15.5 Å². The Kier molecular flexibility index (Phi) is 3.53. The van der Waals surface area contributed by atoms with Crippen molar-refractivity contribution in [3.63, 3.8) is 0 Å². The van der Waals surface area contributed by atoms with E-state index in [-0.39, 0.29) is 11.7 Å². The first-order chi connectivity index (χ1) is 10.1. The van der Waals surface area contributed by atoms with Crippen molar-refractivity contribution in [2.45, 2.75) is 20.0 Å². The lowest BCUT2D eigenvalue weighted by Crippen LogP contribution is -2.17. The molecule has 2 aromatic rings. The smallest absolute Gasteiger partial charge is 0.276 e. The number of nitrogens with zero attached hydrogens (tertiary/aromatic N) is 1. The second kappa shape index (κ2) is 5.49. The van der Waals surface area contributed by atoms with E-state index in [0.717, 1.165) is 17.7 Å². The molecular formula is C15H15N3O3. The summed E-state index contributed by atoms with van der Waals surface area (Å²) >= 11 is 0. The van der Waals surface area contributed by atoms with Crippen molar-refractivity contribution in [2.75, 3.05) is 11.9 Å². The van der Waals surface area contributed by atoms with Gasteiger partial charge in [0.05, 0.1) is 13.2 Å². The SMILES string of the molecule is CC(=O)c1ccc(NC(=O)c2n[nH]c3c2COCC3)cc1. The van der Waals surface area contributed by atoms with E-state index in [1.54, 1.807) is 24.3 Å². The molecule has 6 nitrogen and oxygen atoms in total. The lowest BCUT2D eigenvalue weighted by molar-refractivity contribution is 0.0984. The summed E-state index contributed by atoms with van der Waals surface area (Å²) in [7, 11) is 0. The van der Waals surface area contributed by atoms with Crippen molar-refractivity contribution >= 4 is 17.4 Å². The summed E-state index contributed by atoms with van der Waals surface area (Å²) in [5.74, 6) is -0.292. The molecule has 0 radical (unpaired) electrons. The van der Waals surface area contributed by atoms with Crippen molar-refractivity contribution in [3.8, 4) is 0 Å². The maximum atomic E-state index is 12.2. The van der Waals surface area contributed by atoms with Gasteiger partial charge in [-0.1, -0.05) is 0 Å². The fraction of sp³-hybridized carbons (Fsp3) is 0.267. The maximum absolute atomic E-state index is 12.2. The number of anilines is 1. The van der Waals surface area contributed by atoms with Gasteiger partial charge in [0.15, 0.2) is 11.5 Å². The lowest BCUT2D eigenvalue weighted by Gasteiger charge is -2.12. The lowest BCUT2D eigenvalue weighted by atomic mass is 10.1. The molecule has 1 aliphatic heterocycles. The fourth-order valence-electron chi connectivity index (χ4n) is 2.28. The number of benzene rings is 1. The van der Waals surface area contributed by atoms with E-state index in [9.17, 15) is 9.59 Å². The van der Waals surface area contributed by atoms with Gasteiger partial charge >= 0.3 is 0 Å². The summed E-state index contributed by atoms with van der Waals surface area (Å²) in [6.07, 6.45) is 0.739. The van der Waals surface area contributed by atoms with Gasteiger partial charge in [-0.05, 0) is 31.2 Å². The highest BCUT2D eigenvalue weighted by molar-refractivity contribution is 6.04. The van der Waals surface area contributed by atoms with Crippen LogP contribution in [0.1, 0.15) is 39.0 Å². The number of aromatic nitrogens is 2. The third kappa shape index (κ3) is 2.71. The Hall–Kier alpha value is -2.47. The Balaban J connectivity index is 1.77. The molecule has 0 bridgehead atoms. The minimum atomic E-state index is -0.284.